The van der Waals surface area contributed by atoms with Crippen LogP contribution in [0.3, 0.4) is 0 Å². The average molecular weight is 344 g/mol. The molecule has 3 rings (SSSR count). The van der Waals surface area contributed by atoms with Crippen LogP contribution < -0.4 is 0 Å². The predicted molar refractivity (Wildman–Crippen MR) is 97.6 cm³/mol. The highest BCUT2D eigenvalue weighted by molar-refractivity contribution is 5.39. The van der Waals surface area contributed by atoms with Crippen molar-refractivity contribution in [1.29, 1.82) is 0 Å². The maximum Gasteiger partial charge on any atom is 0.237 e. The standard InChI is InChI=1S/C21H32N2O2/c24-15-22-21(23-16-25)13-11-19(12-14-21)20(17-7-3-1-4-8-17)18-9-5-2-6-10-18/h17-20H,1-14H2. The fraction of sp³-hybridized carbons (Fsp3) is 0.905. The Balaban J connectivity index is 1.73. The third-order valence-corrected chi connectivity index (χ3v) is 7.27. The first-order chi connectivity index (χ1) is 12.3. The van der Waals surface area contributed by atoms with E-state index in [1.54, 1.807) is 12.2 Å². The van der Waals surface area contributed by atoms with Gasteiger partial charge in [-0.05, 0) is 49.4 Å². The van der Waals surface area contributed by atoms with Crippen LogP contribution in [0, 0.1) is 23.7 Å². The van der Waals surface area contributed by atoms with Gasteiger partial charge in [0, 0.05) is 0 Å². The van der Waals surface area contributed by atoms with Crippen LogP contribution in [0.15, 0.2) is 9.98 Å². The Kier molecular flexibility index (Phi) is 6.62. The molecule has 4 heteroatoms. The zero-order chi connectivity index (χ0) is 17.5. The molecule has 3 aliphatic carbocycles. The third-order valence-electron chi connectivity index (χ3n) is 7.27. The van der Waals surface area contributed by atoms with Gasteiger partial charge in [0.2, 0.25) is 12.2 Å². The molecule has 4 nitrogen and oxygen atoms in total. The molecule has 0 N–H and O–H groups in total. The van der Waals surface area contributed by atoms with Crippen LogP contribution in [-0.4, -0.2) is 17.8 Å². The molecule has 0 aromatic rings. The zero-order valence-electron chi connectivity index (χ0n) is 15.4. The Morgan fingerprint density at radius 1 is 0.640 bits per heavy atom. The molecule has 0 aliphatic heterocycles. The Morgan fingerprint density at radius 2 is 1.04 bits per heavy atom. The molecule has 0 spiro atoms. The van der Waals surface area contributed by atoms with E-state index in [1.807, 2.05) is 0 Å². The van der Waals surface area contributed by atoms with Gasteiger partial charge in [0.25, 0.3) is 0 Å². The lowest BCUT2D eigenvalue weighted by Crippen LogP contribution is -2.39. The molecule has 0 heterocycles. The number of isocyanates is 2. The third kappa shape index (κ3) is 4.49. The van der Waals surface area contributed by atoms with E-state index in [0.717, 1.165) is 30.6 Å². The lowest BCUT2D eigenvalue weighted by Gasteiger charge is -2.45. The van der Waals surface area contributed by atoms with Gasteiger partial charge in [0.1, 0.15) is 0 Å². The average Bonchev–Trinajstić information content (AvgIpc) is 2.66. The minimum absolute atomic E-state index is 0.706. The molecule has 0 saturated heterocycles. The summed E-state index contributed by atoms with van der Waals surface area (Å²) in [7, 11) is 0. The molecule has 25 heavy (non-hydrogen) atoms. The molecule has 0 unspecified atom stereocenters. The van der Waals surface area contributed by atoms with Crippen LogP contribution in [0.4, 0.5) is 0 Å². The molecule has 0 radical (unpaired) electrons. The van der Waals surface area contributed by atoms with Crippen LogP contribution in [0.1, 0.15) is 89.9 Å². The van der Waals surface area contributed by atoms with Crippen molar-refractivity contribution in [1.82, 2.24) is 0 Å². The van der Waals surface area contributed by atoms with Crippen molar-refractivity contribution in [3.63, 3.8) is 0 Å². The molecule has 138 valence electrons. The molecule has 0 aromatic heterocycles. The number of hydrogen-bond acceptors (Lipinski definition) is 4. The second-order valence-electron chi connectivity index (χ2n) is 8.60. The summed E-state index contributed by atoms with van der Waals surface area (Å²) < 4.78 is 0. The van der Waals surface area contributed by atoms with Gasteiger partial charge in [0.05, 0.1) is 0 Å². The minimum atomic E-state index is -0.857. The molecule has 0 aromatic carbocycles. The highest BCUT2D eigenvalue weighted by atomic mass is 16.1. The van der Waals surface area contributed by atoms with Gasteiger partial charge in [-0.3, -0.25) is 0 Å². The van der Waals surface area contributed by atoms with Crippen LogP contribution >= 0.6 is 0 Å². The Bertz CT molecular complexity index is 476. The maximum absolute atomic E-state index is 10.8. The number of rotatable bonds is 5. The summed E-state index contributed by atoms with van der Waals surface area (Å²) in [6.07, 6.45) is 20.8. The first-order valence-corrected chi connectivity index (χ1v) is 10.5. The molecule has 3 fully saturated rings. The summed E-state index contributed by atoms with van der Waals surface area (Å²) in [6.45, 7) is 0. The fourth-order valence-corrected chi connectivity index (χ4v) is 6.10. The van der Waals surface area contributed by atoms with Crippen LogP contribution in [0.5, 0.6) is 0 Å². The zero-order valence-corrected chi connectivity index (χ0v) is 15.4. The number of aliphatic imine (C=N–C) groups is 2. The number of carbonyl (C=O) groups excluding carboxylic acids is 2. The van der Waals surface area contributed by atoms with Gasteiger partial charge in [-0.2, -0.15) is 9.98 Å². The summed E-state index contributed by atoms with van der Waals surface area (Å²) in [5.74, 6) is 3.32. The molecule has 0 atom stereocenters. The largest absolute Gasteiger partial charge is 0.237 e. The highest BCUT2D eigenvalue weighted by Crippen LogP contribution is 2.49. The summed E-state index contributed by atoms with van der Waals surface area (Å²) >= 11 is 0. The first kappa shape index (κ1) is 18.5. The van der Waals surface area contributed by atoms with Gasteiger partial charge in [0.15, 0.2) is 5.66 Å². The van der Waals surface area contributed by atoms with Gasteiger partial charge < -0.3 is 0 Å². The quantitative estimate of drug-likeness (QED) is 0.500. The van der Waals surface area contributed by atoms with E-state index in [-0.39, 0.29) is 0 Å². The van der Waals surface area contributed by atoms with E-state index < -0.39 is 5.66 Å². The van der Waals surface area contributed by atoms with E-state index in [1.165, 1.54) is 64.2 Å². The first-order valence-electron chi connectivity index (χ1n) is 10.5. The second-order valence-corrected chi connectivity index (χ2v) is 8.60. The summed E-state index contributed by atoms with van der Waals surface area (Å²) in [6, 6.07) is 0. The van der Waals surface area contributed by atoms with Gasteiger partial charge in [-0.25, -0.2) is 9.59 Å². The maximum atomic E-state index is 10.8. The molecular weight excluding hydrogens is 312 g/mol. The predicted octanol–water partition coefficient (Wildman–Crippen LogP) is 5.32. The van der Waals surface area contributed by atoms with Crippen molar-refractivity contribution in [2.45, 2.75) is 95.6 Å². The van der Waals surface area contributed by atoms with Crippen LogP contribution in [0.25, 0.3) is 0 Å². The Labute approximate surface area is 151 Å². The number of nitrogens with zero attached hydrogens (tertiary/aromatic N) is 2. The fourth-order valence-electron chi connectivity index (χ4n) is 6.10. The van der Waals surface area contributed by atoms with E-state index in [9.17, 15) is 9.59 Å². The SMILES string of the molecule is O=C=NC1(N=C=O)CCC(C(C2CCCCC2)C2CCCCC2)CC1. The van der Waals surface area contributed by atoms with Crippen molar-refractivity contribution in [2.75, 3.05) is 0 Å². The number of hydrogen-bond donors (Lipinski definition) is 0. The van der Waals surface area contributed by atoms with Crippen molar-refractivity contribution < 1.29 is 9.59 Å². The Morgan fingerprint density at radius 3 is 1.44 bits per heavy atom. The molecule has 3 aliphatic rings. The molecule has 0 amide bonds. The highest BCUT2D eigenvalue weighted by Gasteiger charge is 2.42. The second kappa shape index (κ2) is 8.92. The normalized spacial score (nSPS) is 32.0. The van der Waals surface area contributed by atoms with Gasteiger partial charge >= 0.3 is 0 Å². The van der Waals surface area contributed by atoms with Crippen LogP contribution in [0.2, 0.25) is 0 Å². The van der Waals surface area contributed by atoms with Gasteiger partial charge in [-0.1, -0.05) is 64.2 Å². The summed E-state index contributed by atoms with van der Waals surface area (Å²) in [4.78, 5) is 29.3. The Hall–Kier alpha value is -1.24. The van der Waals surface area contributed by atoms with E-state index in [2.05, 4.69) is 9.98 Å². The lowest BCUT2D eigenvalue weighted by molar-refractivity contribution is 0.0546. The minimum Gasteiger partial charge on any atom is -0.211 e. The van der Waals surface area contributed by atoms with Crippen molar-refractivity contribution in [3.8, 4) is 0 Å². The topological polar surface area (TPSA) is 58.9 Å². The van der Waals surface area contributed by atoms with Crippen molar-refractivity contribution in [3.05, 3.63) is 0 Å². The molecule has 0 bridgehead atoms. The van der Waals surface area contributed by atoms with E-state index >= 15 is 0 Å². The van der Waals surface area contributed by atoms with Crippen molar-refractivity contribution in [2.24, 2.45) is 33.7 Å². The monoisotopic (exact) mass is 344 g/mol. The molecular formula is C21H32N2O2. The van der Waals surface area contributed by atoms with E-state index in [4.69, 9.17) is 0 Å². The van der Waals surface area contributed by atoms with Crippen LogP contribution in [-0.2, 0) is 9.59 Å². The lowest BCUT2D eigenvalue weighted by atomic mass is 9.61. The summed E-state index contributed by atoms with van der Waals surface area (Å²) in [5.41, 5.74) is -0.857. The summed E-state index contributed by atoms with van der Waals surface area (Å²) in [5, 5.41) is 0. The molecule has 3 saturated carbocycles. The van der Waals surface area contributed by atoms with E-state index in [0.29, 0.717) is 18.8 Å². The smallest absolute Gasteiger partial charge is 0.211 e. The van der Waals surface area contributed by atoms with Crippen molar-refractivity contribution >= 4 is 12.2 Å². The van der Waals surface area contributed by atoms with Gasteiger partial charge in [-0.15, -0.1) is 0 Å².